The molecule has 3 N–H and O–H groups in total. The lowest BCUT2D eigenvalue weighted by Gasteiger charge is -2.24. The number of ether oxygens (including phenoxy) is 1. The highest BCUT2D eigenvalue weighted by Crippen LogP contribution is 2.22. The molecular formula is C23H25N9O4. The maximum atomic E-state index is 12.3. The van der Waals surface area contributed by atoms with Gasteiger partial charge in [-0.25, -0.2) is 4.79 Å². The van der Waals surface area contributed by atoms with Crippen molar-refractivity contribution >= 4 is 35.4 Å². The second-order valence-electron chi connectivity index (χ2n) is 8.05. The molecule has 0 saturated carbocycles. The van der Waals surface area contributed by atoms with E-state index in [0.717, 1.165) is 10.2 Å². The number of nitrogens with two attached hydrogens (primary N) is 1. The highest BCUT2D eigenvalue weighted by Gasteiger charge is 2.30. The average molecular weight is 492 g/mol. The molecule has 1 aromatic carbocycles. The summed E-state index contributed by atoms with van der Waals surface area (Å²) in [6.07, 6.45) is 4.07. The predicted octanol–water partition coefficient (Wildman–Crippen LogP) is 1.32. The highest BCUT2D eigenvalue weighted by atomic mass is 16.6. The van der Waals surface area contributed by atoms with Gasteiger partial charge in [0.05, 0.1) is 24.1 Å². The van der Waals surface area contributed by atoms with Gasteiger partial charge in [0.2, 0.25) is 11.9 Å². The fourth-order valence-electron chi connectivity index (χ4n) is 3.68. The van der Waals surface area contributed by atoms with Crippen molar-refractivity contribution in [2.45, 2.75) is 19.1 Å². The molecule has 1 saturated heterocycles. The summed E-state index contributed by atoms with van der Waals surface area (Å²) in [5.74, 6) is -0.690. The number of anilines is 3. The molecule has 2 amide bonds. The second kappa shape index (κ2) is 10.6. The Morgan fingerprint density at radius 3 is 2.78 bits per heavy atom. The van der Waals surface area contributed by atoms with Gasteiger partial charge in [-0.15, -0.1) is 10.2 Å². The van der Waals surface area contributed by atoms with E-state index < -0.39 is 12.0 Å². The van der Waals surface area contributed by atoms with Gasteiger partial charge in [0, 0.05) is 20.1 Å². The van der Waals surface area contributed by atoms with Crippen molar-refractivity contribution in [1.29, 1.82) is 0 Å². The van der Waals surface area contributed by atoms with Crippen LogP contribution in [0, 0.1) is 0 Å². The summed E-state index contributed by atoms with van der Waals surface area (Å²) in [4.78, 5) is 44.0. The molecule has 2 aromatic heterocycles. The lowest BCUT2D eigenvalue weighted by atomic mass is 10.2. The number of carbonyl (C=O) groups is 3. The van der Waals surface area contributed by atoms with E-state index >= 15 is 0 Å². The first-order valence-electron chi connectivity index (χ1n) is 11.1. The van der Waals surface area contributed by atoms with E-state index in [1.807, 2.05) is 30.3 Å². The Morgan fingerprint density at radius 2 is 2.06 bits per heavy atom. The first kappa shape index (κ1) is 24.3. The van der Waals surface area contributed by atoms with E-state index in [9.17, 15) is 14.4 Å². The normalized spacial score (nSPS) is 14.8. The first-order valence-corrected chi connectivity index (χ1v) is 11.1. The van der Waals surface area contributed by atoms with Crippen molar-refractivity contribution in [2.24, 2.45) is 5.73 Å². The maximum absolute atomic E-state index is 12.3. The largest absolute Gasteiger partial charge is 0.443 e. The second-order valence-corrected chi connectivity index (χ2v) is 8.05. The van der Waals surface area contributed by atoms with Crippen molar-refractivity contribution < 1.29 is 19.1 Å². The van der Waals surface area contributed by atoms with Crippen LogP contribution >= 0.6 is 0 Å². The molecule has 0 radical (unpaired) electrons. The minimum Gasteiger partial charge on any atom is -0.443 e. The first-order chi connectivity index (χ1) is 17.4. The van der Waals surface area contributed by atoms with Gasteiger partial charge in [0.25, 0.3) is 5.91 Å². The van der Waals surface area contributed by atoms with Gasteiger partial charge in [0.1, 0.15) is 6.61 Å². The van der Waals surface area contributed by atoms with Crippen LogP contribution in [0.25, 0.3) is 0 Å². The van der Waals surface area contributed by atoms with E-state index in [-0.39, 0.29) is 36.0 Å². The number of nitrogens with one attached hydrogen (secondary N) is 1. The highest BCUT2D eigenvalue weighted by molar-refractivity contribution is 5.96. The number of primary amides is 1. The molecule has 13 nitrogen and oxygen atoms in total. The van der Waals surface area contributed by atoms with Crippen molar-refractivity contribution in [3.8, 4) is 0 Å². The van der Waals surface area contributed by atoms with Crippen LogP contribution in [0.15, 0.2) is 55.4 Å². The monoisotopic (exact) mass is 491 g/mol. The topological polar surface area (TPSA) is 161 Å². The van der Waals surface area contributed by atoms with Gasteiger partial charge < -0.3 is 25.6 Å². The molecule has 1 aliphatic heterocycles. The SMILES string of the molecule is C=CC(=O)N1CC[C@@H](N(C)c2nnc(C(N)=O)c(Nc3cnn(C(=O)OCc4ccccc4)c3)n2)C1. The number of hydrogen-bond donors (Lipinski definition) is 2. The van der Waals surface area contributed by atoms with E-state index in [4.69, 9.17) is 10.5 Å². The molecule has 0 bridgehead atoms. The minimum atomic E-state index is -0.829. The summed E-state index contributed by atoms with van der Waals surface area (Å²) in [6.45, 7) is 4.67. The van der Waals surface area contributed by atoms with Crippen molar-refractivity contribution in [2.75, 3.05) is 30.4 Å². The Balaban J connectivity index is 1.47. The number of amides is 2. The van der Waals surface area contributed by atoms with Crippen LogP contribution in [-0.4, -0.2) is 73.9 Å². The zero-order valence-electron chi connectivity index (χ0n) is 19.6. The predicted molar refractivity (Wildman–Crippen MR) is 129 cm³/mol. The number of likely N-dealkylation sites (tertiary alicyclic amines) is 1. The van der Waals surface area contributed by atoms with Crippen molar-refractivity contribution in [3.05, 3.63) is 66.6 Å². The Kier molecular flexibility index (Phi) is 7.18. The summed E-state index contributed by atoms with van der Waals surface area (Å²) in [7, 11) is 1.78. The fourth-order valence-corrected chi connectivity index (χ4v) is 3.68. The van der Waals surface area contributed by atoms with Crippen LogP contribution in [-0.2, 0) is 16.1 Å². The Labute approximate surface area is 206 Å². The number of carbonyl (C=O) groups excluding carboxylic acids is 3. The molecular weight excluding hydrogens is 466 g/mol. The van der Waals surface area contributed by atoms with E-state index in [2.05, 4.69) is 32.2 Å². The van der Waals surface area contributed by atoms with Crippen LogP contribution in [0.3, 0.4) is 0 Å². The number of likely N-dealkylation sites (N-methyl/N-ethyl adjacent to an activating group) is 1. The lowest BCUT2D eigenvalue weighted by Crippen LogP contribution is -2.37. The number of aromatic nitrogens is 5. The lowest BCUT2D eigenvalue weighted by molar-refractivity contribution is -0.125. The summed E-state index contributed by atoms with van der Waals surface area (Å²) in [5, 5.41) is 14.9. The summed E-state index contributed by atoms with van der Waals surface area (Å²) in [6, 6.07) is 9.19. The smallest absolute Gasteiger partial charge is 0.435 e. The molecule has 0 aliphatic carbocycles. The van der Waals surface area contributed by atoms with Gasteiger partial charge in [-0.3, -0.25) is 9.59 Å². The molecule has 0 unspecified atom stereocenters. The van der Waals surface area contributed by atoms with Crippen LogP contribution in [0.1, 0.15) is 22.5 Å². The average Bonchev–Trinajstić information content (AvgIpc) is 3.57. The zero-order chi connectivity index (χ0) is 25.7. The van der Waals surface area contributed by atoms with Gasteiger partial charge in [-0.1, -0.05) is 36.9 Å². The quantitative estimate of drug-likeness (QED) is 0.440. The number of hydrogen-bond acceptors (Lipinski definition) is 10. The molecule has 3 aromatic rings. The van der Waals surface area contributed by atoms with Gasteiger partial charge in [0.15, 0.2) is 11.5 Å². The van der Waals surface area contributed by atoms with Gasteiger partial charge in [-0.2, -0.15) is 14.8 Å². The summed E-state index contributed by atoms with van der Waals surface area (Å²) >= 11 is 0. The standard InChI is InChI=1S/C23H25N9O4/c1-3-18(33)31-10-9-17(13-31)30(2)22-27-21(19(20(24)34)28-29-22)26-16-11-25-32(12-16)23(35)36-14-15-7-5-4-6-8-15/h3-8,11-12,17H,1,9-10,13-14H2,2H3,(H2,24,34)(H,26,27,29)/t17-/m1/s1. The summed E-state index contributed by atoms with van der Waals surface area (Å²) < 4.78 is 6.28. The number of nitrogens with zero attached hydrogens (tertiary/aromatic N) is 7. The van der Waals surface area contributed by atoms with Crippen LogP contribution in [0.5, 0.6) is 0 Å². The third kappa shape index (κ3) is 5.46. The molecule has 13 heteroatoms. The van der Waals surface area contributed by atoms with Crippen LogP contribution in [0.4, 0.5) is 22.2 Å². The Bertz CT molecular complexity index is 1280. The Morgan fingerprint density at radius 1 is 1.28 bits per heavy atom. The molecule has 3 heterocycles. The minimum absolute atomic E-state index is 0.0496. The van der Waals surface area contributed by atoms with E-state index in [1.54, 1.807) is 16.8 Å². The molecule has 1 fully saturated rings. The molecule has 1 aliphatic rings. The van der Waals surface area contributed by atoms with Gasteiger partial charge in [-0.05, 0) is 18.1 Å². The molecule has 0 spiro atoms. The van der Waals surface area contributed by atoms with Crippen LogP contribution in [0.2, 0.25) is 0 Å². The molecule has 186 valence electrons. The summed E-state index contributed by atoms with van der Waals surface area (Å²) in [5.41, 5.74) is 6.46. The van der Waals surface area contributed by atoms with Crippen LogP contribution < -0.4 is 16.0 Å². The van der Waals surface area contributed by atoms with E-state index in [1.165, 1.54) is 18.5 Å². The van der Waals surface area contributed by atoms with Gasteiger partial charge >= 0.3 is 6.09 Å². The third-order valence-electron chi connectivity index (χ3n) is 5.66. The fraction of sp³-hybridized carbons (Fsp3) is 0.261. The van der Waals surface area contributed by atoms with Crippen molar-refractivity contribution in [3.63, 3.8) is 0 Å². The Hall–Kier alpha value is -4.81. The molecule has 4 rings (SSSR count). The maximum Gasteiger partial charge on any atom is 0.435 e. The van der Waals surface area contributed by atoms with E-state index in [0.29, 0.717) is 25.2 Å². The molecule has 1 atom stereocenters. The zero-order valence-corrected chi connectivity index (χ0v) is 19.6. The number of rotatable bonds is 8. The molecule has 36 heavy (non-hydrogen) atoms. The third-order valence-corrected chi connectivity index (χ3v) is 5.66. The van der Waals surface area contributed by atoms with Crippen molar-refractivity contribution in [1.82, 2.24) is 29.9 Å². The number of benzene rings is 1.